The number of nitrogens with zero attached hydrogens (tertiary/aromatic N) is 2. The average molecular weight is 335 g/mol. The normalized spacial score (nSPS) is 10.6. The molecule has 3 nitrogen and oxygen atoms in total. The van der Waals surface area contributed by atoms with Crippen LogP contribution in [0.4, 0.5) is 11.5 Å². The second kappa shape index (κ2) is 5.15. The monoisotopic (exact) mass is 333 g/mol. The summed E-state index contributed by atoms with van der Waals surface area (Å²) in [7, 11) is 0. The van der Waals surface area contributed by atoms with Crippen LogP contribution in [0.2, 0.25) is 5.02 Å². The summed E-state index contributed by atoms with van der Waals surface area (Å²) in [6, 6.07) is 13.5. The van der Waals surface area contributed by atoms with Crippen LogP contribution in [0.5, 0.6) is 0 Å². The SMILES string of the molecule is Clc1ccc2ncnc(Nc3ccc(Br)cc3)c2c1. The molecule has 0 saturated carbocycles. The first-order chi connectivity index (χ1) is 9.22. The van der Waals surface area contributed by atoms with Crippen molar-refractivity contribution in [1.82, 2.24) is 9.97 Å². The van der Waals surface area contributed by atoms with Gasteiger partial charge in [-0.05, 0) is 42.5 Å². The molecule has 5 heteroatoms. The van der Waals surface area contributed by atoms with Gasteiger partial charge in [0.25, 0.3) is 0 Å². The zero-order valence-corrected chi connectivity index (χ0v) is 12.1. The standard InChI is InChI=1S/C14H9BrClN3/c15-9-1-4-11(5-2-9)19-14-12-7-10(16)3-6-13(12)17-8-18-14/h1-8H,(H,17,18,19). The van der Waals surface area contributed by atoms with Crippen molar-refractivity contribution in [3.05, 3.63) is 58.3 Å². The first kappa shape index (κ1) is 12.4. The van der Waals surface area contributed by atoms with E-state index in [2.05, 4.69) is 31.2 Å². The van der Waals surface area contributed by atoms with E-state index in [1.807, 2.05) is 42.5 Å². The Labute approximate surface area is 123 Å². The Hall–Kier alpha value is -1.65. The lowest BCUT2D eigenvalue weighted by Crippen LogP contribution is -1.95. The summed E-state index contributed by atoms with van der Waals surface area (Å²) in [6.07, 6.45) is 1.54. The fourth-order valence-corrected chi connectivity index (χ4v) is 2.23. The van der Waals surface area contributed by atoms with Gasteiger partial charge in [0.05, 0.1) is 5.52 Å². The Morgan fingerprint density at radius 2 is 1.79 bits per heavy atom. The van der Waals surface area contributed by atoms with E-state index in [0.717, 1.165) is 26.9 Å². The van der Waals surface area contributed by atoms with Crippen LogP contribution >= 0.6 is 27.5 Å². The third kappa shape index (κ3) is 2.69. The van der Waals surface area contributed by atoms with Gasteiger partial charge >= 0.3 is 0 Å². The fourth-order valence-electron chi connectivity index (χ4n) is 1.80. The minimum Gasteiger partial charge on any atom is -0.340 e. The van der Waals surface area contributed by atoms with Crippen molar-refractivity contribution in [2.24, 2.45) is 0 Å². The maximum atomic E-state index is 6.02. The summed E-state index contributed by atoms with van der Waals surface area (Å²) in [5, 5.41) is 4.84. The molecule has 0 atom stereocenters. The number of halogens is 2. The molecule has 0 bridgehead atoms. The quantitative estimate of drug-likeness (QED) is 0.732. The van der Waals surface area contributed by atoms with Gasteiger partial charge in [-0.25, -0.2) is 9.97 Å². The van der Waals surface area contributed by atoms with Crippen molar-refractivity contribution in [1.29, 1.82) is 0 Å². The Balaban J connectivity index is 2.05. The molecule has 3 aromatic rings. The second-order valence-electron chi connectivity index (χ2n) is 4.02. The van der Waals surface area contributed by atoms with Crippen LogP contribution < -0.4 is 5.32 Å². The van der Waals surface area contributed by atoms with E-state index < -0.39 is 0 Å². The summed E-state index contributed by atoms with van der Waals surface area (Å²) in [5.41, 5.74) is 1.82. The zero-order chi connectivity index (χ0) is 13.2. The highest BCUT2D eigenvalue weighted by Gasteiger charge is 2.04. The van der Waals surface area contributed by atoms with Crippen molar-refractivity contribution >= 4 is 49.9 Å². The van der Waals surface area contributed by atoms with Gasteiger partial charge in [0.2, 0.25) is 0 Å². The summed E-state index contributed by atoms with van der Waals surface area (Å²) in [4.78, 5) is 8.49. The van der Waals surface area contributed by atoms with Crippen molar-refractivity contribution < 1.29 is 0 Å². The molecule has 19 heavy (non-hydrogen) atoms. The molecule has 0 fully saturated rings. The largest absolute Gasteiger partial charge is 0.340 e. The Kier molecular flexibility index (Phi) is 3.36. The number of hydrogen-bond donors (Lipinski definition) is 1. The minimum absolute atomic E-state index is 0.668. The third-order valence-corrected chi connectivity index (χ3v) is 3.47. The molecule has 1 aromatic heterocycles. The number of benzene rings is 2. The summed E-state index contributed by atoms with van der Waals surface area (Å²) in [5.74, 6) is 0.745. The smallest absolute Gasteiger partial charge is 0.141 e. The number of nitrogens with one attached hydrogen (secondary N) is 1. The van der Waals surface area contributed by atoms with Gasteiger partial charge in [-0.1, -0.05) is 27.5 Å². The lowest BCUT2D eigenvalue weighted by Gasteiger charge is -2.08. The number of fused-ring (bicyclic) bond motifs is 1. The Morgan fingerprint density at radius 1 is 1.00 bits per heavy atom. The first-order valence-corrected chi connectivity index (χ1v) is 6.82. The van der Waals surface area contributed by atoms with E-state index in [4.69, 9.17) is 11.6 Å². The van der Waals surface area contributed by atoms with Gasteiger partial charge in [-0.2, -0.15) is 0 Å². The highest BCUT2D eigenvalue weighted by Crippen LogP contribution is 2.26. The third-order valence-electron chi connectivity index (χ3n) is 2.70. The summed E-state index contributed by atoms with van der Waals surface area (Å²) in [6.45, 7) is 0. The van der Waals surface area contributed by atoms with E-state index in [1.54, 1.807) is 0 Å². The Bertz CT molecular complexity index is 728. The van der Waals surface area contributed by atoms with Crippen LogP contribution in [0.15, 0.2) is 53.3 Å². The summed E-state index contributed by atoms with van der Waals surface area (Å²) >= 11 is 9.43. The molecule has 1 heterocycles. The van der Waals surface area contributed by atoms with E-state index in [9.17, 15) is 0 Å². The van der Waals surface area contributed by atoms with E-state index in [0.29, 0.717) is 5.02 Å². The molecule has 1 N–H and O–H groups in total. The van der Waals surface area contributed by atoms with Crippen molar-refractivity contribution in [3.8, 4) is 0 Å². The molecule has 0 spiro atoms. The number of anilines is 2. The van der Waals surface area contributed by atoms with Crippen molar-refractivity contribution in [2.45, 2.75) is 0 Å². The average Bonchev–Trinajstić information content (AvgIpc) is 2.42. The molecule has 0 aliphatic rings. The van der Waals surface area contributed by atoms with Crippen molar-refractivity contribution in [3.63, 3.8) is 0 Å². The lowest BCUT2D eigenvalue weighted by molar-refractivity contribution is 1.22. The van der Waals surface area contributed by atoms with E-state index in [1.165, 1.54) is 6.33 Å². The van der Waals surface area contributed by atoms with Crippen LogP contribution in [0, 0.1) is 0 Å². The molecule has 0 aliphatic carbocycles. The van der Waals surface area contributed by atoms with E-state index >= 15 is 0 Å². The number of aromatic nitrogens is 2. The molecule has 0 unspecified atom stereocenters. The molecule has 0 radical (unpaired) electrons. The van der Waals surface area contributed by atoms with Gasteiger partial charge in [-0.15, -0.1) is 0 Å². The second-order valence-corrected chi connectivity index (χ2v) is 5.37. The van der Waals surface area contributed by atoms with E-state index in [-0.39, 0.29) is 0 Å². The lowest BCUT2D eigenvalue weighted by atomic mass is 10.2. The predicted molar refractivity (Wildman–Crippen MR) is 82.0 cm³/mol. The molecule has 3 rings (SSSR count). The van der Waals surface area contributed by atoms with Gasteiger partial charge < -0.3 is 5.32 Å². The summed E-state index contributed by atoms with van der Waals surface area (Å²) < 4.78 is 1.04. The predicted octanol–water partition coefficient (Wildman–Crippen LogP) is 4.79. The maximum Gasteiger partial charge on any atom is 0.141 e. The Morgan fingerprint density at radius 3 is 2.58 bits per heavy atom. The molecule has 0 saturated heterocycles. The molecular weight excluding hydrogens is 326 g/mol. The first-order valence-electron chi connectivity index (χ1n) is 5.65. The van der Waals surface area contributed by atoms with Gasteiger partial charge in [-0.3, -0.25) is 0 Å². The molecule has 2 aromatic carbocycles. The number of rotatable bonds is 2. The maximum absolute atomic E-state index is 6.02. The number of hydrogen-bond acceptors (Lipinski definition) is 3. The zero-order valence-electron chi connectivity index (χ0n) is 9.77. The molecular formula is C14H9BrClN3. The van der Waals surface area contributed by atoms with Gasteiger partial charge in [0.1, 0.15) is 12.1 Å². The molecule has 0 amide bonds. The molecule has 0 aliphatic heterocycles. The molecule has 94 valence electrons. The van der Waals surface area contributed by atoms with Crippen LogP contribution in [0.3, 0.4) is 0 Å². The van der Waals surface area contributed by atoms with Gasteiger partial charge in [0.15, 0.2) is 0 Å². The highest BCUT2D eigenvalue weighted by molar-refractivity contribution is 9.10. The van der Waals surface area contributed by atoms with Crippen LogP contribution in [0.1, 0.15) is 0 Å². The topological polar surface area (TPSA) is 37.8 Å². The highest BCUT2D eigenvalue weighted by atomic mass is 79.9. The van der Waals surface area contributed by atoms with Gasteiger partial charge in [0, 0.05) is 20.6 Å². The van der Waals surface area contributed by atoms with Crippen LogP contribution in [0.25, 0.3) is 10.9 Å². The fraction of sp³-hybridized carbons (Fsp3) is 0. The van der Waals surface area contributed by atoms with Crippen LogP contribution in [-0.4, -0.2) is 9.97 Å². The van der Waals surface area contributed by atoms with Crippen molar-refractivity contribution in [2.75, 3.05) is 5.32 Å². The van der Waals surface area contributed by atoms with Crippen LogP contribution in [-0.2, 0) is 0 Å². The minimum atomic E-state index is 0.668.